The molecule has 1 saturated carbocycles. The summed E-state index contributed by atoms with van der Waals surface area (Å²) in [5, 5.41) is 15.7. The molecule has 1 aliphatic heterocycles. The van der Waals surface area contributed by atoms with Crippen LogP contribution in [0.2, 0.25) is 0 Å². The normalized spacial score (nSPS) is 26.0. The van der Waals surface area contributed by atoms with Crippen molar-refractivity contribution in [3.8, 4) is 0 Å². The molecule has 0 bridgehead atoms. The summed E-state index contributed by atoms with van der Waals surface area (Å²) in [5.41, 5.74) is -0.542. The molecule has 0 spiro atoms. The number of nitrogens with one attached hydrogen (secondary N) is 2. The number of ether oxygens (including phenoxy) is 1. The first-order chi connectivity index (χ1) is 14.3. The van der Waals surface area contributed by atoms with Crippen LogP contribution >= 0.6 is 0 Å². The quantitative estimate of drug-likeness (QED) is 0.467. The second kappa shape index (κ2) is 12.1. The van der Waals surface area contributed by atoms with Gasteiger partial charge < -0.3 is 20.5 Å². The van der Waals surface area contributed by atoms with Gasteiger partial charge in [0.05, 0.1) is 24.1 Å². The van der Waals surface area contributed by atoms with Crippen molar-refractivity contribution in [2.45, 2.75) is 89.6 Å². The summed E-state index contributed by atoms with van der Waals surface area (Å²) in [6.07, 6.45) is 10.9. The fourth-order valence-corrected chi connectivity index (χ4v) is 4.09. The van der Waals surface area contributed by atoms with Gasteiger partial charge in [-0.15, -0.1) is 0 Å². The highest BCUT2D eigenvalue weighted by atomic mass is 16.5. The third-order valence-electron chi connectivity index (χ3n) is 6.22. The third-order valence-corrected chi connectivity index (χ3v) is 6.22. The van der Waals surface area contributed by atoms with Gasteiger partial charge in [0, 0.05) is 12.8 Å². The van der Waals surface area contributed by atoms with Gasteiger partial charge in [-0.1, -0.05) is 38.8 Å². The SMILES string of the molecule is CC(C)C1COC(=O)CCCCC=CCC(CC(=O)NC2(CO)CCCC2)C(=O)N1. The number of aliphatic hydroxyl groups excluding tert-OH is 1. The Balaban J connectivity index is 2.06. The first-order valence-electron chi connectivity index (χ1n) is 11.4. The minimum absolute atomic E-state index is 0.0720. The number of aliphatic hydroxyl groups is 1. The molecule has 1 aliphatic carbocycles. The van der Waals surface area contributed by atoms with E-state index >= 15 is 0 Å². The lowest BCUT2D eigenvalue weighted by molar-refractivity contribution is -0.145. The van der Waals surface area contributed by atoms with E-state index < -0.39 is 11.5 Å². The Morgan fingerprint density at radius 1 is 1.23 bits per heavy atom. The molecule has 170 valence electrons. The fraction of sp³-hybridized carbons (Fsp3) is 0.783. The average molecular weight is 423 g/mol. The van der Waals surface area contributed by atoms with Gasteiger partial charge in [-0.05, 0) is 44.4 Å². The van der Waals surface area contributed by atoms with E-state index in [9.17, 15) is 19.5 Å². The Bertz CT molecular complexity index is 611. The van der Waals surface area contributed by atoms with E-state index in [4.69, 9.17) is 4.74 Å². The summed E-state index contributed by atoms with van der Waals surface area (Å²) in [6, 6.07) is -0.294. The van der Waals surface area contributed by atoms with E-state index in [1.807, 2.05) is 26.0 Å². The molecule has 2 aliphatic rings. The minimum Gasteiger partial charge on any atom is -0.463 e. The minimum atomic E-state index is -0.542. The molecule has 30 heavy (non-hydrogen) atoms. The number of hydrogen-bond donors (Lipinski definition) is 3. The zero-order valence-electron chi connectivity index (χ0n) is 18.5. The predicted molar refractivity (Wildman–Crippen MR) is 114 cm³/mol. The Kier molecular flexibility index (Phi) is 9.82. The lowest BCUT2D eigenvalue weighted by Gasteiger charge is -2.29. The molecule has 7 nitrogen and oxygen atoms in total. The van der Waals surface area contributed by atoms with Crippen molar-refractivity contribution in [2.24, 2.45) is 11.8 Å². The van der Waals surface area contributed by atoms with Crippen LogP contribution in [0.15, 0.2) is 12.2 Å². The fourth-order valence-electron chi connectivity index (χ4n) is 4.09. The van der Waals surface area contributed by atoms with Gasteiger partial charge >= 0.3 is 5.97 Å². The number of carbonyl (C=O) groups is 3. The average Bonchev–Trinajstić information content (AvgIpc) is 3.17. The molecule has 2 rings (SSSR count). The summed E-state index contributed by atoms with van der Waals surface area (Å²) in [6.45, 7) is 4.00. The zero-order chi connectivity index (χ0) is 22.0. The van der Waals surface area contributed by atoms with Crippen molar-refractivity contribution in [3.05, 3.63) is 12.2 Å². The Labute approximate surface area is 180 Å². The lowest BCUT2D eigenvalue weighted by atomic mass is 9.94. The van der Waals surface area contributed by atoms with Crippen LogP contribution in [0, 0.1) is 11.8 Å². The maximum absolute atomic E-state index is 13.0. The first kappa shape index (κ1) is 24.4. The van der Waals surface area contributed by atoms with Crippen LogP contribution in [-0.4, -0.2) is 47.7 Å². The molecule has 0 aromatic heterocycles. The maximum Gasteiger partial charge on any atom is 0.305 e. The smallest absolute Gasteiger partial charge is 0.305 e. The summed E-state index contributed by atoms with van der Waals surface area (Å²) >= 11 is 0. The summed E-state index contributed by atoms with van der Waals surface area (Å²) in [5.74, 6) is -1.05. The van der Waals surface area contributed by atoms with Crippen molar-refractivity contribution < 1.29 is 24.2 Å². The number of allylic oxidation sites excluding steroid dienone is 2. The highest BCUT2D eigenvalue weighted by Gasteiger charge is 2.35. The summed E-state index contributed by atoms with van der Waals surface area (Å²) in [4.78, 5) is 37.6. The lowest BCUT2D eigenvalue weighted by Crippen LogP contribution is -2.51. The van der Waals surface area contributed by atoms with Crippen LogP contribution in [0.4, 0.5) is 0 Å². The van der Waals surface area contributed by atoms with E-state index in [1.165, 1.54) is 0 Å². The highest BCUT2D eigenvalue weighted by Crippen LogP contribution is 2.29. The summed E-state index contributed by atoms with van der Waals surface area (Å²) < 4.78 is 5.36. The van der Waals surface area contributed by atoms with Crippen LogP contribution in [0.3, 0.4) is 0 Å². The molecular formula is C23H38N2O5. The number of amides is 2. The molecular weight excluding hydrogens is 384 g/mol. The molecule has 2 atom stereocenters. The molecule has 0 aromatic rings. The molecule has 2 amide bonds. The van der Waals surface area contributed by atoms with Crippen LogP contribution in [-0.2, 0) is 19.1 Å². The molecule has 0 radical (unpaired) electrons. The Hall–Kier alpha value is -1.89. The molecule has 3 N–H and O–H groups in total. The number of esters is 1. The van der Waals surface area contributed by atoms with Crippen LogP contribution < -0.4 is 10.6 Å². The predicted octanol–water partition coefficient (Wildman–Crippen LogP) is 2.62. The second-order valence-corrected chi connectivity index (χ2v) is 9.09. The van der Waals surface area contributed by atoms with E-state index in [1.54, 1.807) is 0 Å². The largest absolute Gasteiger partial charge is 0.463 e. The second-order valence-electron chi connectivity index (χ2n) is 9.09. The summed E-state index contributed by atoms with van der Waals surface area (Å²) in [7, 11) is 0. The van der Waals surface area contributed by atoms with Crippen molar-refractivity contribution >= 4 is 17.8 Å². The molecule has 1 heterocycles. The molecule has 0 aromatic carbocycles. The topological polar surface area (TPSA) is 105 Å². The first-order valence-corrected chi connectivity index (χ1v) is 11.4. The number of carbonyl (C=O) groups excluding carboxylic acids is 3. The van der Waals surface area contributed by atoms with Gasteiger partial charge in [-0.3, -0.25) is 14.4 Å². The number of cyclic esters (lactones) is 1. The van der Waals surface area contributed by atoms with Crippen molar-refractivity contribution in [1.82, 2.24) is 10.6 Å². The molecule has 1 fully saturated rings. The highest BCUT2D eigenvalue weighted by molar-refractivity contribution is 5.86. The van der Waals surface area contributed by atoms with Crippen LogP contribution in [0.5, 0.6) is 0 Å². The third kappa shape index (κ3) is 7.74. The number of rotatable bonds is 5. The standard InChI is InChI=1S/C23H38N2O5/c1-17(2)19-15-30-21(28)11-7-5-3-4-6-10-18(22(29)24-19)14-20(27)25-23(16-26)12-8-9-13-23/h4,6,17-19,26H,3,5,7-16H2,1-2H3,(H,24,29)(H,25,27). The Morgan fingerprint density at radius 3 is 2.63 bits per heavy atom. The van der Waals surface area contributed by atoms with Gasteiger partial charge in [0.15, 0.2) is 0 Å². The maximum atomic E-state index is 13.0. The van der Waals surface area contributed by atoms with Crippen molar-refractivity contribution in [1.29, 1.82) is 0 Å². The van der Waals surface area contributed by atoms with E-state index in [-0.39, 0.29) is 49.4 Å². The molecule has 0 saturated heterocycles. The van der Waals surface area contributed by atoms with Gasteiger partial charge in [-0.25, -0.2) is 0 Å². The van der Waals surface area contributed by atoms with Crippen LogP contribution in [0.25, 0.3) is 0 Å². The van der Waals surface area contributed by atoms with Crippen molar-refractivity contribution in [2.75, 3.05) is 13.2 Å². The molecule has 2 unspecified atom stereocenters. The monoisotopic (exact) mass is 422 g/mol. The van der Waals surface area contributed by atoms with Gasteiger partial charge in [0.25, 0.3) is 0 Å². The van der Waals surface area contributed by atoms with E-state index in [0.717, 1.165) is 44.9 Å². The van der Waals surface area contributed by atoms with Gasteiger partial charge in [0.2, 0.25) is 11.8 Å². The van der Waals surface area contributed by atoms with Crippen LogP contribution in [0.1, 0.15) is 78.1 Å². The van der Waals surface area contributed by atoms with Gasteiger partial charge in [0.1, 0.15) is 6.61 Å². The number of hydrogen-bond acceptors (Lipinski definition) is 5. The Morgan fingerprint density at radius 2 is 1.97 bits per heavy atom. The van der Waals surface area contributed by atoms with Crippen molar-refractivity contribution in [3.63, 3.8) is 0 Å². The van der Waals surface area contributed by atoms with Gasteiger partial charge in [-0.2, -0.15) is 0 Å². The molecule has 7 heteroatoms. The zero-order valence-corrected chi connectivity index (χ0v) is 18.5. The van der Waals surface area contributed by atoms with E-state index in [2.05, 4.69) is 10.6 Å². The van der Waals surface area contributed by atoms with E-state index in [0.29, 0.717) is 12.8 Å².